The molecule has 0 aromatic rings. The van der Waals surface area contributed by atoms with Crippen molar-refractivity contribution >= 4 is 11.8 Å². The molecule has 2 amide bonds. The van der Waals surface area contributed by atoms with Crippen LogP contribution in [0, 0.1) is 5.92 Å². The van der Waals surface area contributed by atoms with Gasteiger partial charge < -0.3 is 15.0 Å². The van der Waals surface area contributed by atoms with Gasteiger partial charge in [0.1, 0.15) is 0 Å². The molecule has 3 rings (SSSR count). The minimum atomic E-state index is -0.0124. The number of rotatable bonds is 8. The standard InChI is InChI=1S/C20H35N3O3/c24-19-9-8-17(16-23(19)18-6-2-3-7-18)20(25)21-10-4-1-5-11-22-12-14-26-15-13-22/h17-18H,1-16H2,(H,21,25)/t17-/m1/s1. The Labute approximate surface area is 157 Å². The van der Waals surface area contributed by atoms with Crippen molar-refractivity contribution < 1.29 is 14.3 Å². The Bertz CT molecular complexity index is 459. The number of carbonyl (C=O) groups is 2. The zero-order valence-corrected chi connectivity index (χ0v) is 16.1. The van der Waals surface area contributed by atoms with Crippen LogP contribution in [-0.4, -0.2) is 73.6 Å². The normalized spacial score (nSPS) is 25.6. The van der Waals surface area contributed by atoms with Gasteiger partial charge in [0.25, 0.3) is 0 Å². The average molecular weight is 366 g/mol. The highest BCUT2D eigenvalue weighted by molar-refractivity contribution is 5.84. The van der Waals surface area contributed by atoms with Gasteiger partial charge in [-0.1, -0.05) is 19.3 Å². The number of hydrogen-bond donors (Lipinski definition) is 1. The second-order valence-corrected chi connectivity index (χ2v) is 8.03. The Kier molecular flexibility index (Phi) is 7.74. The molecule has 2 saturated heterocycles. The van der Waals surface area contributed by atoms with Crippen molar-refractivity contribution in [3.05, 3.63) is 0 Å². The summed E-state index contributed by atoms with van der Waals surface area (Å²) in [5.41, 5.74) is 0. The first-order chi connectivity index (χ1) is 12.7. The molecule has 0 aromatic carbocycles. The van der Waals surface area contributed by atoms with Gasteiger partial charge in [0.2, 0.25) is 11.8 Å². The fraction of sp³-hybridized carbons (Fsp3) is 0.900. The molecule has 1 aliphatic carbocycles. The predicted octanol–water partition coefficient (Wildman–Crippen LogP) is 1.79. The highest BCUT2D eigenvalue weighted by Crippen LogP contribution is 2.28. The van der Waals surface area contributed by atoms with Crippen molar-refractivity contribution in [3.8, 4) is 0 Å². The zero-order valence-electron chi connectivity index (χ0n) is 16.1. The first kappa shape index (κ1) is 19.6. The maximum atomic E-state index is 12.5. The molecular weight excluding hydrogens is 330 g/mol. The van der Waals surface area contributed by atoms with E-state index < -0.39 is 0 Å². The Hall–Kier alpha value is -1.14. The molecule has 2 heterocycles. The third-order valence-electron chi connectivity index (χ3n) is 6.13. The summed E-state index contributed by atoms with van der Waals surface area (Å²) < 4.78 is 5.36. The fourth-order valence-electron chi connectivity index (χ4n) is 4.47. The number of amides is 2. The van der Waals surface area contributed by atoms with Gasteiger partial charge in [-0.2, -0.15) is 0 Å². The third-order valence-corrected chi connectivity index (χ3v) is 6.13. The SMILES string of the molecule is O=C(NCCCCCN1CCOCC1)[C@@H]1CCC(=O)N(C2CCCC2)C1. The molecule has 1 N–H and O–H groups in total. The van der Waals surface area contributed by atoms with Gasteiger partial charge in [0.05, 0.1) is 19.1 Å². The quantitative estimate of drug-likeness (QED) is 0.666. The van der Waals surface area contributed by atoms with Crippen LogP contribution in [0.1, 0.15) is 57.8 Å². The summed E-state index contributed by atoms with van der Waals surface area (Å²) in [7, 11) is 0. The van der Waals surface area contributed by atoms with Gasteiger partial charge in [-0.05, 0) is 38.6 Å². The van der Waals surface area contributed by atoms with Crippen LogP contribution < -0.4 is 5.32 Å². The Balaban J connectivity index is 1.28. The number of piperidine rings is 1. The monoisotopic (exact) mass is 365 g/mol. The number of likely N-dealkylation sites (tertiary alicyclic amines) is 1. The van der Waals surface area contributed by atoms with E-state index in [9.17, 15) is 9.59 Å². The van der Waals surface area contributed by atoms with Crippen molar-refractivity contribution in [2.45, 2.75) is 63.8 Å². The summed E-state index contributed by atoms with van der Waals surface area (Å²) in [4.78, 5) is 29.1. The number of unbranched alkanes of at least 4 members (excludes halogenated alkanes) is 2. The lowest BCUT2D eigenvalue weighted by Crippen LogP contribution is -2.49. The third kappa shape index (κ3) is 5.68. The highest BCUT2D eigenvalue weighted by Gasteiger charge is 2.34. The van der Waals surface area contributed by atoms with E-state index in [1.807, 2.05) is 4.90 Å². The van der Waals surface area contributed by atoms with E-state index in [0.717, 1.165) is 65.1 Å². The number of nitrogens with one attached hydrogen (secondary N) is 1. The van der Waals surface area contributed by atoms with Crippen LogP contribution in [0.5, 0.6) is 0 Å². The van der Waals surface area contributed by atoms with E-state index >= 15 is 0 Å². The maximum Gasteiger partial charge on any atom is 0.224 e. The van der Waals surface area contributed by atoms with E-state index in [0.29, 0.717) is 25.4 Å². The summed E-state index contributed by atoms with van der Waals surface area (Å²) in [5, 5.41) is 3.11. The fourth-order valence-corrected chi connectivity index (χ4v) is 4.47. The van der Waals surface area contributed by atoms with Crippen LogP contribution in [0.3, 0.4) is 0 Å². The van der Waals surface area contributed by atoms with Crippen LogP contribution in [0.15, 0.2) is 0 Å². The number of morpholine rings is 1. The van der Waals surface area contributed by atoms with Gasteiger partial charge in [0, 0.05) is 38.6 Å². The van der Waals surface area contributed by atoms with Crippen molar-refractivity contribution in [2.75, 3.05) is 45.9 Å². The molecule has 6 nitrogen and oxygen atoms in total. The number of ether oxygens (including phenoxy) is 1. The summed E-state index contributed by atoms with van der Waals surface area (Å²) in [6.07, 6.45) is 9.28. The number of hydrogen-bond acceptors (Lipinski definition) is 4. The predicted molar refractivity (Wildman–Crippen MR) is 101 cm³/mol. The van der Waals surface area contributed by atoms with Gasteiger partial charge >= 0.3 is 0 Å². The molecule has 0 radical (unpaired) electrons. The molecule has 148 valence electrons. The van der Waals surface area contributed by atoms with Crippen LogP contribution in [-0.2, 0) is 14.3 Å². The Morgan fingerprint density at radius 2 is 1.85 bits per heavy atom. The van der Waals surface area contributed by atoms with Gasteiger partial charge in [-0.15, -0.1) is 0 Å². The molecule has 1 saturated carbocycles. The summed E-state index contributed by atoms with van der Waals surface area (Å²) in [6.45, 7) is 6.35. The lowest BCUT2D eigenvalue weighted by atomic mass is 9.95. The van der Waals surface area contributed by atoms with Gasteiger partial charge in [-0.3, -0.25) is 14.5 Å². The van der Waals surface area contributed by atoms with Crippen LogP contribution in [0.25, 0.3) is 0 Å². The van der Waals surface area contributed by atoms with E-state index in [2.05, 4.69) is 10.2 Å². The molecule has 26 heavy (non-hydrogen) atoms. The van der Waals surface area contributed by atoms with E-state index in [1.54, 1.807) is 0 Å². The second kappa shape index (κ2) is 10.3. The molecule has 0 spiro atoms. The zero-order chi connectivity index (χ0) is 18.2. The average Bonchev–Trinajstić information content (AvgIpc) is 3.20. The number of carbonyl (C=O) groups excluding carboxylic acids is 2. The highest BCUT2D eigenvalue weighted by atomic mass is 16.5. The lowest BCUT2D eigenvalue weighted by Gasteiger charge is -2.36. The van der Waals surface area contributed by atoms with Crippen molar-refractivity contribution in [1.82, 2.24) is 15.1 Å². The Morgan fingerprint density at radius 3 is 2.62 bits per heavy atom. The molecule has 2 aliphatic heterocycles. The minimum absolute atomic E-state index is 0.0124. The lowest BCUT2D eigenvalue weighted by molar-refractivity contribution is -0.140. The summed E-state index contributed by atoms with van der Waals surface area (Å²) in [6, 6.07) is 0.387. The largest absolute Gasteiger partial charge is 0.379 e. The molecule has 1 atom stereocenters. The molecule has 3 aliphatic rings. The second-order valence-electron chi connectivity index (χ2n) is 8.03. The topological polar surface area (TPSA) is 61.9 Å². The van der Waals surface area contributed by atoms with Gasteiger partial charge in [0.15, 0.2) is 0 Å². The molecule has 0 aromatic heterocycles. The first-order valence-corrected chi connectivity index (χ1v) is 10.6. The summed E-state index contributed by atoms with van der Waals surface area (Å²) >= 11 is 0. The van der Waals surface area contributed by atoms with Gasteiger partial charge in [-0.25, -0.2) is 0 Å². The molecule has 0 unspecified atom stereocenters. The first-order valence-electron chi connectivity index (χ1n) is 10.6. The molecule has 3 fully saturated rings. The Morgan fingerprint density at radius 1 is 1.08 bits per heavy atom. The number of nitrogens with zero attached hydrogens (tertiary/aromatic N) is 2. The van der Waals surface area contributed by atoms with E-state index in [-0.39, 0.29) is 17.7 Å². The minimum Gasteiger partial charge on any atom is -0.379 e. The maximum absolute atomic E-state index is 12.5. The van der Waals surface area contributed by atoms with E-state index in [1.165, 1.54) is 19.3 Å². The van der Waals surface area contributed by atoms with E-state index in [4.69, 9.17) is 4.74 Å². The smallest absolute Gasteiger partial charge is 0.224 e. The molecular formula is C20H35N3O3. The van der Waals surface area contributed by atoms with Crippen molar-refractivity contribution in [2.24, 2.45) is 5.92 Å². The van der Waals surface area contributed by atoms with Crippen molar-refractivity contribution in [3.63, 3.8) is 0 Å². The van der Waals surface area contributed by atoms with Crippen LogP contribution in [0.4, 0.5) is 0 Å². The van der Waals surface area contributed by atoms with Crippen LogP contribution in [0.2, 0.25) is 0 Å². The van der Waals surface area contributed by atoms with Crippen molar-refractivity contribution in [1.29, 1.82) is 0 Å². The summed E-state index contributed by atoms with van der Waals surface area (Å²) in [5.74, 6) is 0.388. The molecule has 0 bridgehead atoms. The molecule has 6 heteroatoms. The van der Waals surface area contributed by atoms with Crippen LogP contribution >= 0.6 is 0 Å².